The minimum atomic E-state index is -0.0310. The molecule has 0 atom stereocenters. The molecule has 0 unspecified atom stereocenters. The van der Waals surface area contributed by atoms with E-state index < -0.39 is 0 Å². The van der Waals surface area contributed by atoms with Gasteiger partial charge in [-0.05, 0) is 17.7 Å². The van der Waals surface area contributed by atoms with E-state index in [0.717, 1.165) is 78.6 Å². The summed E-state index contributed by atoms with van der Waals surface area (Å²) in [7, 11) is 3.61. The number of aromatic nitrogens is 4. The van der Waals surface area contributed by atoms with Crippen molar-refractivity contribution in [2.45, 2.75) is 0 Å². The highest BCUT2D eigenvalue weighted by atomic mass is 16.5. The molecule has 0 saturated carbocycles. The highest BCUT2D eigenvalue weighted by molar-refractivity contribution is 5.92. The van der Waals surface area contributed by atoms with Gasteiger partial charge in [-0.1, -0.05) is 36.4 Å². The van der Waals surface area contributed by atoms with Gasteiger partial charge in [0.15, 0.2) is 5.82 Å². The third-order valence-electron chi connectivity index (χ3n) is 6.21. The first kappa shape index (κ1) is 20.5. The van der Waals surface area contributed by atoms with E-state index in [0.29, 0.717) is 0 Å². The Hall–Kier alpha value is -3.36. The van der Waals surface area contributed by atoms with E-state index in [1.807, 2.05) is 31.3 Å². The Kier molecular flexibility index (Phi) is 5.55. The number of hydrogen-bond acceptors (Lipinski definition) is 5. The Morgan fingerprint density at radius 3 is 2.53 bits per heavy atom. The Bertz CT molecular complexity index is 1280. The topological polar surface area (TPSA) is 80.1 Å². The number of anilines is 1. The van der Waals surface area contributed by atoms with Crippen LogP contribution in [0.1, 0.15) is 0 Å². The van der Waals surface area contributed by atoms with Crippen LogP contribution < -0.4 is 11.0 Å². The monoisotopic (exact) mass is 432 g/mol. The van der Waals surface area contributed by atoms with Crippen molar-refractivity contribution in [2.75, 3.05) is 44.7 Å². The molecule has 0 radical (unpaired) electrons. The molecule has 2 aromatic carbocycles. The molecule has 0 aliphatic carbocycles. The van der Waals surface area contributed by atoms with Crippen LogP contribution in [0.25, 0.3) is 33.4 Å². The molecule has 8 heteroatoms. The summed E-state index contributed by atoms with van der Waals surface area (Å²) in [5.74, 6) is 0.817. The molecular weight excluding hydrogens is 404 g/mol. The van der Waals surface area contributed by atoms with Gasteiger partial charge in [0.1, 0.15) is 0 Å². The van der Waals surface area contributed by atoms with Crippen LogP contribution in [-0.4, -0.2) is 63.6 Å². The smallest absolute Gasteiger partial charge is 0.328 e. The minimum absolute atomic E-state index is 0.0310. The van der Waals surface area contributed by atoms with Crippen LogP contribution in [-0.2, 0) is 18.8 Å². The van der Waals surface area contributed by atoms with Crippen LogP contribution in [0.15, 0.2) is 53.3 Å². The zero-order valence-electron chi connectivity index (χ0n) is 18.5. The number of aromatic amines is 1. The van der Waals surface area contributed by atoms with E-state index in [-0.39, 0.29) is 5.69 Å². The van der Waals surface area contributed by atoms with Gasteiger partial charge in [-0.25, -0.2) is 4.79 Å². The van der Waals surface area contributed by atoms with E-state index in [2.05, 4.69) is 44.7 Å². The first-order chi connectivity index (χ1) is 15.6. The molecule has 32 heavy (non-hydrogen) atoms. The molecule has 8 nitrogen and oxygen atoms in total. The SMILES string of the molecule is Cn1c(=O)n(C)c2cc(-c3c(NCCN4CCOCC4)n[nH]c3-c3ccccc3)ccc21. The van der Waals surface area contributed by atoms with Crippen molar-refractivity contribution in [2.24, 2.45) is 14.1 Å². The van der Waals surface area contributed by atoms with Crippen molar-refractivity contribution in [3.05, 3.63) is 59.0 Å². The number of imidazole rings is 1. The van der Waals surface area contributed by atoms with Crippen molar-refractivity contribution in [1.29, 1.82) is 0 Å². The van der Waals surface area contributed by atoms with Crippen LogP contribution in [0, 0.1) is 0 Å². The molecule has 1 aliphatic rings. The number of H-pyrrole nitrogens is 1. The van der Waals surface area contributed by atoms with Gasteiger partial charge in [0.05, 0.1) is 35.5 Å². The summed E-state index contributed by atoms with van der Waals surface area (Å²) in [6.45, 7) is 5.23. The quantitative estimate of drug-likeness (QED) is 0.490. The molecule has 1 saturated heterocycles. The number of morpholine rings is 1. The Labute approximate surface area is 186 Å². The Balaban J connectivity index is 1.53. The largest absolute Gasteiger partial charge is 0.379 e. The number of hydrogen-bond donors (Lipinski definition) is 2. The first-order valence-corrected chi connectivity index (χ1v) is 11.0. The molecule has 0 spiro atoms. The van der Waals surface area contributed by atoms with Crippen LogP contribution in [0.4, 0.5) is 5.82 Å². The standard InChI is InChI=1S/C24H28N6O2/c1-28-19-9-8-18(16-20(19)29(2)24(28)31)21-22(17-6-4-3-5-7-17)26-27-23(21)25-10-11-30-12-14-32-15-13-30/h3-9,16H,10-15H2,1-2H3,(H2,25,26,27). The second-order valence-corrected chi connectivity index (χ2v) is 8.17. The summed E-state index contributed by atoms with van der Waals surface area (Å²) in [5, 5.41) is 11.4. The summed E-state index contributed by atoms with van der Waals surface area (Å²) >= 11 is 0. The third-order valence-corrected chi connectivity index (χ3v) is 6.21. The van der Waals surface area contributed by atoms with Crippen molar-refractivity contribution >= 4 is 16.9 Å². The average Bonchev–Trinajstić information content (AvgIpc) is 3.35. The number of aryl methyl sites for hydroxylation is 2. The highest BCUT2D eigenvalue weighted by Crippen LogP contribution is 2.37. The zero-order valence-corrected chi connectivity index (χ0v) is 18.5. The number of ether oxygens (including phenoxy) is 1. The summed E-state index contributed by atoms with van der Waals surface area (Å²) in [6, 6.07) is 16.3. The van der Waals surface area contributed by atoms with Crippen LogP contribution in [0.2, 0.25) is 0 Å². The summed E-state index contributed by atoms with van der Waals surface area (Å²) in [6.07, 6.45) is 0. The van der Waals surface area contributed by atoms with Gasteiger partial charge in [-0.3, -0.25) is 19.1 Å². The molecule has 3 heterocycles. The maximum absolute atomic E-state index is 12.4. The summed E-state index contributed by atoms with van der Waals surface area (Å²) in [4.78, 5) is 14.8. The minimum Gasteiger partial charge on any atom is -0.379 e. The number of rotatable bonds is 6. The van der Waals surface area contributed by atoms with E-state index >= 15 is 0 Å². The fourth-order valence-corrected chi connectivity index (χ4v) is 4.38. The number of benzene rings is 2. The lowest BCUT2D eigenvalue weighted by Crippen LogP contribution is -2.39. The summed E-state index contributed by atoms with van der Waals surface area (Å²) in [5.41, 5.74) is 5.83. The summed E-state index contributed by atoms with van der Waals surface area (Å²) < 4.78 is 8.80. The van der Waals surface area contributed by atoms with Gasteiger partial charge in [0, 0.05) is 45.8 Å². The fraction of sp³-hybridized carbons (Fsp3) is 0.333. The lowest BCUT2D eigenvalue weighted by molar-refractivity contribution is 0.0398. The third kappa shape index (κ3) is 3.72. The van der Waals surface area contributed by atoms with Gasteiger partial charge in [0.25, 0.3) is 0 Å². The van der Waals surface area contributed by atoms with Crippen molar-refractivity contribution in [3.8, 4) is 22.4 Å². The van der Waals surface area contributed by atoms with Crippen molar-refractivity contribution in [3.63, 3.8) is 0 Å². The zero-order chi connectivity index (χ0) is 22.1. The molecule has 1 fully saturated rings. The first-order valence-electron chi connectivity index (χ1n) is 11.0. The Morgan fingerprint density at radius 1 is 1.00 bits per heavy atom. The van der Waals surface area contributed by atoms with Gasteiger partial charge in [-0.15, -0.1) is 0 Å². The van der Waals surface area contributed by atoms with Gasteiger partial charge >= 0.3 is 5.69 Å². The fourth-order valence-electron chi connectivity index (χ4n) is 4.38. The lowest BCUT2D eigenvalue weighted by atomic mass is 10.00. The van der Waals surface area contributed by atoms with Crippen molar-refractivity contribution < 1.29 is 4.74 Å². The molecule has 166 valence electrons. The van der Waals surface area contributed by atoms with Crippen LogP contribution >= 0.6 is 0 Å². The molecule has 1 aliphatic heterocycles. The number of nitrogens with zero attached hydrogens (tertiary/aromatic N) is 4. The highest BCUT2D eigenvalue weighted by Gasteiger charge is 2.19. The van der Waals surface area contributed by atoms with E-state index in [4.69, 9.17) is 4.74 Å². The van der Waals surface area contributed by atoms with E-state index in [1.54, 1.807) is 16.2 Å². The van der Waals surface area contributed by atoms with E-state index in [1.165, 1.54) is 0 Å². The van der Waals surface area contributed by atoms with Crippen LogP contribution in [0.3, 0.4) is 0 Å². The van der Waals surface area contributed by atoms with Gasteiger partial charge in [-0.2, -0.15) is 5.10 Å². The molecular formula is C24H28N6O2. The molecule has 0 bridgehead atoms. The second kappa shape index (κ2) is 8.64. The molecule has 4 aromatic rings. The molecule has 2 N–H and O–H groups in total. The normalized spacial score (nSPS) is 14.8. The predicted molar refractivity (Wildman–Crippen MR) is 127 cm³/mol. The van der Waals surface area contributed by atoms with E-state index in [9.17, 15) is 4.79 Å². The maximum Gasteiger partial charge on any atom is 0.328 e. The number of fused-ring (bicyclic) bond motifs is 1. The molecule has 5 rings (SSSR count). The number of nitrogens with one attached hydrogen (secondary N) is 2. The predicted octanol–water partition coefficient (Wildman–Crippen LogP) is 2.68. The van der Waals surface area contributed by atoms with Gasteiger partial charge < -0.3 is 10.1 Å². The Morgan fingerprint density at radius 2 is 1.75 bits per heavy atom. The van der Waals surface area contributed by atoms with Crippen molar-refractivity contribution in [1.82, 2.24) is 24.2 Å². The average molecular weight is 433 g/mol. The van der Waals surface area contributed by atoms with Gasteiger partial charge in [0.2, 0.25) is 0 Å². The second-order valence-electron chi connectivity index (χ2n) is 8.17. The molecule has 0 amide bonds. The maximum atomic E-state index is 12.4. The molecule has 2 aromatic heterocycles. The van der Waals surface area contributed by atoms with Crippen LogP contribution in [0.5, 0.6) is 0 Å². The lowest BCUT2D eigenvalue weighted by Gasteiger charge is -2.26.